The molecule has 0 spiro atoms. The van der Waals surface area contributed by atoms with Crippen LogP contribution in [0.4, 0.5) is 10.1 Å². The minimum Gasteiger partial charge on any atom is -0.487 e. The number of aliphatic hydroxyl groups excluding tert-OH is 1. The molecule has 27 heavy (non-hydrogen) atoms. The van der Waals surface area contributed by atoms with Gasteiger partial charge in [0, 0.05) is 19.3 Å². The number of pyridine rings is 1. The summed E-state index contributed by atoms with van der Waals surface area (Å²) in [5.74, 6) is -2.18. The number of aromatic carboxylic acids is 1. The number of carboxylic acid groups (broad SMARTS) is 1. The lowest BCUT2D eigenvalue weighted by molar-refractivity contribution is -0.109. The third-order valence-corrected chi connectivity index (χ3v) is 4.47. The average Bonchev–Trinajstić information content (AvgIpc) is 2.63. The minimum absolute atomic E-state index is 0.0530. The molecule has 2 aromatic rings. The Labute approximate surface area is 152 Å². The van der Waals surface area contributed by atoms with Crippen LogP contribution in [0.1, 0.15) is 23.3 Å². The molecule has 1 aliphatic rings. The molecule has 144 valence electrons. The first-order valence-corrected chi connectivity index (χ1v) is 8.21. The number of nitrogens with zero attached hydrogens (tertiary/aromatic N) is 2. The van der Waals surface area contributed by atoms with Crippen molar-refractivity contribution in [3.63, 3.8) is 0 Å². The van der Waals surface area contributed by atoms with Gasteiger partial charge in [0.1, 0.15) is 24.6 Å². The third kappa shape index (κ3) is 3.08. The smallest absolute Gasteiger partial charge is 0.341 e. The first-order chi connectivity index (χ1) is 12.9. The number of halogens is 1. The fourth-order valence-electron chi connectivity index (χ4n) is 3.17. The molecule has 0 unspecified atom stereocenters. The Bertz CT molecular complexity index is 974. The lowest BCUT2D eigenvalue weighted by Gasteiger charge is -2.31. The molecule has 1 amide bonds. The van der Waals surface area contributed by atoms with Crippen LogP contribution < -0.4 is 20.4 Å². The number of aliphatic hydroxyl groups is 1. The van der Waals surface area contributed by atoms with Gasteiger partial charge in [-0.2, -0.15) is 0 Å². The fraction of sp³-hybridized carbons (Fsp3) is 0.353. The van der Waals surface area contributed by atoms with Gasteiger partial charge in [0.2, 0.25) is 11.8 Å². The monoisotopic (exact) mass is 379 g/mol. The Hall–Kier alpha value is -3.14. The summed E-state index contributed by atoms with van der Waals surface area (Å²) in [7, 11) is 0. The van der Waals surface area contributed by atoms with E-state index in [1.54, 1.807) is 11.5 Å². The van der Waals surface area contributed by atoms with Crippen LogP contribution in [0.3, 0.4) is 0 Å². The van der Waals surface area contributed by atoms with Crippen LogP contribution in [-0.4, -0.2) is 53.6 Å². The molecule has 2 heterocycles. The van der Waals surface area contributed by atoms with E-state index in [-0.39, 0.29) is 48.1 Å². The van der Waals surface area contributed by atoms with Crippen LogP contribution in [0, 0.1) is 5.82 Å². The largest absolute Gasteiger partial charge is 0.487 e. The van der Waals surface area contributed by atoms with Crippen LogP contribution >= 0.6 is 0 Å². The summed E-state index contributed by atoms with van der Waals surface area (Å²) in [6.07, 6.45) is 1.71. The van der Waals surface area contributed by atoms with Gasteiger partial charge in [-0.1, -0.05) is 0 Å². The summed E-state index contributed by atoms with van der Waals surface area (Å²) < 4.78 is 22.1. The van der Waals surface area contributed by atoms with Crippen LogP contribution in [0.25, 0.3) is 10.9 Å². The van der Waals surface area contributed by atoms with E-state index < -0.39 is 29.5 Å². The molecule has 0 fully saturated rings. The molecule has 10 heteroatoms. The van der Waals surface area contributed by atoms with Crippen molar-refractivity contribution in [1.82, 2.24) is 9.88 Å². The zero-order valence-electron chi connectivity index (χ0n) is 14.4. The van der Waals surface area contributed by atoms with E-state index in [2.05, 4.69) is 5.32 Å². The lowest BCUT2D eigenvalue weighted by atomic mass is 10.1. The normalized spacial score (nSPS) is 15.3. The summed E-state index contributed by atoms with van der Waals surface area (Å²) >= 11 is 0. The molecule has 0 aliphatic carbocycles. The Morgan fingerprint density at radius 2 is 2.30 bits per heavy atom. The van der Waals surface area contributed by atoms with Crippen molar-refractivity contribution in [3.05, 3.63) is 33.9 Å². The molecular weight excluding hydrogens is 361 g/mol. The first kappa shape index (κ1) is 18.6. The van der Waals surface area contributed by atoms with E-state index in [1.807, 2.05) is 0 Å². The summed E-state index contributed by atoms with van der Waals surface area (Å²) in [5, 5.41) is 21.2. The van der Waals surface area contributed by atoms with Crippen LogP contribution in [0.5, 0.6) is 5.75 Å². The Kier molecular flexibility index (Phi) is 5.00. The second-order valence-corrected chi connectivity index (χ2v) is 6.15. The van der Waals surface area contributed by atoms with Crippen LogP contribution in [0.15, 0.2) is 17.1 Å². The standard InChI is InChI=1S/C17H18FN3O6/c1-9-6-27-16-13-10(15(24)11(17(25)26)5-21(9)13)4-12(18)14(16)20(8-23)3-2-19-7-22/h4-5,7,9,23H,2-3,6,8H2,1H3,(H,19,22)(H,25,26)/t9-/m0/s1. The highest BCUT2D eigenvalue weighted by Gasteiger charge is 2.29. The van der Waals surface area contributed by atoms with Gasteiger partial charge in [0.05, 0.1) is 16.9 Å². The van der Waals surface area contributed by atoms with E-state index in [4.69, 9.17) is 4.74 Å². The number of rotatable bonds is 7. The van der Waals surface area contributed by atoms with Crippen molar-refractivity contribution in [2.75, 3.05) is 31.3 Å². The molecule has 1 aromatic heterocycles. The maximum Gasteiger partial charge on any atom is 0.341 e. The molecule has 0 saturated carbocycles. The van der Waals surface area contributed by atoms with Crippen molar-refractivity contribution in [1.29, 1.82) is 0 Å². The summed E-state index contributed by atoms with van der Waals surface area (Å²) in [5.41, 5.74) is -1.05. The lowest BCUT2D eigenvalue weighted by Crippen LogP contribution is -2.34. The second-order valence-electron chi connectivity index (χ2n) is 6.15. The van der Waals surface area contributed by atoms with Crippen molar-refractivity contribution in [2.45, 2.75) is 13.0 Å². The molecule has 3 rings (SSSR count). The Morgan fingerprint density at radius 1 is 1.56 bits per heavy atom. The van der Waals surface area contributed by atoms with Gasteiger partial charge in [-0.3, -0.25) is 9.59 Å². The highest BCUT2D eigenvalue weighted by molar-refractivity contribution is 5.97. The van der Waals surface area contributed by atoms with Crippen molar-refractivity contribution in [2.24, 2.45) is 0 Å². The number of benzene rings is 1. The molecule has 1 atom stereocenters. The number of ether oxygens (including phenoxy) is 1. The van der Waals surface area contributed by atoms with E-state index in [0.717, 1.165) is 6.07 Å². The topological polar surface area (TPSA) is 121 Å². The fourth-order valence-corrected chi connectivity index (χ4v) is 3.17. The van der Waals surface area contributed by atoms with Crippen LogP contribution in [-0.2, 0) is 4.79 Å². The highest BCUT2D eigenvalue weighted by Crippen LogP contribution is 2.41. The van der Waals surface area contributed by atoms with Gasteiger partial charge < -0.3 is 29.7 Å². The molecule has 3 N–H and O–H groups in total. The van der Waals surface area contributed by atoms with Crippen LogP contribution in [0.2, 0.25) is 0 Å². The van der Waals surface area contributed by atoms with Crippen molar-refractivity contribution in [3.8, 4) is 5.75 Å². The van der Waals surface area contributed by atoms with Gasteiger partial charge in [0.25, 0.3) is 0 Å². The van der Waals surface area contributed by atoms with Gasteiger partial charge in [-0.05, 0) is 13.0 Å². The number of carboxylic acids is 1. The molecular formula is C17H18FN3O6. The van der Waals surface area contributed by atoms with Gasteiger partial charge in [-0.15, -0.1) is 0 Å². The predicted molar refractivity (Wildman–Crippen MR) is 93.8 cm³/mol. The number of carbonyl (C=O) groups is 2. The molecule has 1 aromatic carbocycles. The van der Waals surface area contributed by atoms with Gasteiger partial charge in [0.15, 0.2) is 11.6 Å². The van der Waals surface area contributed by atoms with E-state index in [0.29, 0.717) is 6.41 Å². The molecule has 0 radical (unpaired) electrons. The SMILES string of the molecule is C[C@H]1COc2c(N(CO)CCNC=O)c(F)cc3c(=O)c(C(=O)O)cn1c23. The van der Waals surface area contributed by atoms with Gasteiger partial charge in [-0.25, -0.2) is 9.18 Å². The predicted octanol–water partition coefficient (Wildman–Crippen LogP) is 0.294. The molecule has 1 aliphatic heterocycles. The number of nitrogens with one attached hydrogen (secondary N) is 1. The molecule has 9 nitrogen and oxygen atoms in total. The highest BCUT2D eigenvalue weighted by atomic mass is 19.1. The Balaban J connectivity index is 2.29. The molecule has 0 bridgehead atoms. The number of hydrogen-bond acceptors (Lipinski definition) is 6. The quantitative estimate of drug-likeness (QED) is 0.359. The number of aromatic nitrogens is 1. The number of hydrogen-bond donors (Lipinski definition) is 3. The Morgan fingerprint density at radius 3 is 2.93 bits per heavy atom. The second kappa shape index (κ2) is 7.23. The number of amides is 1. The van der Waals surface area contributed by atoms with Crippen molar-refractivity contribution >= 4 is 29.0 Å². The number of carbonyl (C=O) groups excluding carboxylic acids is 1. The summed E-state index contributed by atoms with van der Waals surface area (Å²) in [6.45, 7) is 1.61. The van der Waals surface area contributed by atoms with E-state index in [1.165, 1.54) is 11.1 Å². The maximum atomic E-state index is 14.9. The average molecular weight is 379 g/mol. The summed E-state index contributed by atoms with van der Waals surface area (Å²) in [4.78, 5) is 35.6. The molecule has 0 saturated heterocycles. The first-order valence-electron chi connectivity index (χ1n) is 8.21. The van der Waals surface area contributed by atoms with Gasteiger partial charge >= 0.3 is 5.97 Å². The third-order valence-electron chi connectivity index (χ3n) is 4.47. The van der Waals surface area contributed by atoms with E-state index in [9.17, 15) is 29.0 Å². The number of anilines is 1. The maximum absolute atomic E-state index is 14.9. The van der Waals surface area contributed by atoms with E-state index >= 15 is 0 Å². The van der Waals surface area contributed by atoms with Crippen molar-refractivity contribution < 1.29 is 28.9 Å². The zero-order chi connectivity index (χ0) is 19.7. The zero-order valence-corrected chi connectivity index (χ0v) is 14.4. The summed E-state index contributed by atoms with van der Waals surface area (Å²) in [6, 6.07) is 0.674. The minimum atomic E-state index is -1.40.